The number of hydrogen-bond donors (Lipinski definition) is 0. The molecule has 2 heterocycles. The molecule has 2 aliphatic heterocycles. The van der Waals surface area contributed by atoms with E-state index in [1.807, 2.05) is 24.3 Å². The lowest BCUT2D eigenvalue weighted by atomic mass is 9.84. The van der Waals surface area contributed by atoms with Crippen molar-refractivity contribution in [2.24, 2.45) is 5.41 Å². The quantitative estimate of drug-likeness (QED) is 0.410. The van der Waals surface area contributed by atoms with Gasteiger partial charge in [-0.3, -0.25) is 4.90 Å². The van der Waals surface area contributed by atoms with Crippen molar-refractivity contribution in [3.8, 4) is 5.75 Å². The van der Waals surface area contributed by atoms with Gasteiger partial charge in [0.1, 0.15) is 18.5 Å². The van der Waals surface area contributed by atoms with E-state index < -0.39 is 5.79 Å². The van der Waals surface area contributed by atoms with Gasteiger partial charge >= 0.3 is 0 Å². The van der Waals surface area contributed by atoms with Crippen LogP contribution in [0.1, 0.15) is 46.6 Å². The maximum absolute atomic E-state index is 6.57. The average molecular weight is 522 g/mol. The third-order valence-corrected chi connectivity index (χ3v) is 7.19. The molecule has 4 rings (SSSR count). The highest BCUT2D eigenvalue weighted by molar-refractivity contribution is 6.35. The van der Waals surface area contributed by atoms with Gasteiger partial charge in [-0.25, -0.2) is 0 Å². The van der Waals surface area contributed by atoms with Crippen LogP contribution in [0, 0.1) is 5.41 Å². The minimum Gasteiger partial charge on any atom is -0.491 e. The SMILES string of the molecule is CC(C)N1CCN(c2ccc(OC[C@H]3CO[C@](CC(C)(C)C)(c4ccc(Cl)cc4Cl)O3)cc2)CC1. The zero-order valence-corrected chi connectivity index (χ0v) is 23.0. The van der Waals surface area contributed by atoms with Gasteiger partial charge in [-0.1, -0.05) is 50.0 Å². The van der Waals surface area contributed by atoms with E-state index in [9.17, 15) is 0 Å². The van der Waals surface area contributed by atoms with E-state index in [1.165, 1.54) is 5.69 Å². The molecule has 2 aromatic carbocycles. The van der Waals surface area contributed by atoms with Crippen molar-refractivity contribution in [3.63, 3.8) is 0 Å². The van der Waals surface area contributed by atoms with E-state index in [4.69, 9.17) is 37.4 Å². The van der Waals surface area contributed by atoms with Crippen LogP contribution in [0.2, 0.25) is 10.0 Å². The first kappa shape index (κ1) is 26.6. The Labute approximate surface area is 220 Å². The molecule has 192 valence electrons. The first-order valence-corrected chi connectivity index (χ1v) is 13.3. The monoisotopic (exact) mass is 520 g/mol. The summed E-state index contributed by atoms with van der Waals surface area (Å²) in [7, 11) is 0. The van der Waals surface area contributed by atoms with E-state index in [1.54, 1.807) is 6.07 Å². The summed E-state index contributed by atoms with van der Waals surface area (Å²) in [5.74, 6) is -0.0911. The van der Waals surface area contributed by atoms with Crippen molar-refractivity contribution in [1.29, 1.82) is 0 Å². The second-order valence-electron chi connectivity index (χ2n) is 11.1. The van der Waals surface area contributed by atoms with Crippen LogP contribution in [0.25, 0.3) is 0 Å². The van der Waals surface area contributed by atoms with E-state index in [2.05, 4.69) is 56.6 Å². The van der Waals surface area contributed by atoms with Crippen LogP contribution < -0.4 is 9.64 Å². The number of piperazine rings is 1. The first-order valence-electron chi connectivity index (χ1n) is 12.5. The molecule has 0 aliphatic carbocycles. The van der Waals surface area contributed by atoms with Gasteiger partial charge in [-0.2, -0.15) is 0 Å². The van der Waals surface area contributed by atoms with Crippen molar-refractivity contribution < 1.29 is 14.2 Å². The molecule has 0 radical (unpaired) electrons. The highest BCUT2D eigenvalue weighted by Gasteiger charge is 2.47. The number of nitrogens with zero attached hydrogens (tertiary/aromatic N) is 2. The Bertz CT molecular complexity index is 985. The minimum absolute atomic E-state index is 0.0325. The summed E-state index contributed by atoms with van der Waals surface area (Å²) in [6.45, 7) is 16.2. The summed E-state index contributed by atoms with van der Waals surface area (Å²) in [4.78, 5) is 4.96. The van der Waals surface area contributed by atoms with Gasteiger partial charge in [0.25, 0.3) is 0 Å². The highest BCUT2D eigenvalue weighted by Crippen LogP contribution is 2.46. The molecule has 0 aromatic heterocycles. The van der Waals surface area contributed by atoms with Gasteiger partial charge in [0.05, 0.1) is 11.6 Å². The Kier molecular flexibility index (Phi) is 8.24. The number of benzene rings is 2. The molecule has 0 amide bonds. The molecule has 5 nitrogen and oxygen atoms in total. The molecule has 0 unspecified atom stereocenters. The van der Waals surface area contributed by atoms with Crippen LogP contribution in [-0.2, 0) is 15.3 Å². The largest absolute Gasteiger partial charge is 0.491 e. The second kappa shape index (κ2) is 10.9. The minimum atomic E-state index is -0.921. The van der Waals surface area contributed by atoms with Crippen LogP contribution >= 0.6 is 23.2 Å². The molecule has 2 aromatic rings. The number of ether oxygens (including phenoxy) is 3. The highest BCUT2D eigenvalue weighted by atomic mass is 35.5. The molecule has 0 N–H and O–H groups in total. The zero-order valence-electron chi connectivity index (χ0n) is 21.5. The number of hydrogen-bond acceptors (Lipinski definition) is 5. The number of anilines is 1. The molecule has 2 fully saturated rings. The average Bonchev–Trinajstić information content (AvgIpc) is 3.20. The fourth-order valence-electron chi connectivity index (χ4n) is 4.91. The summed E-state index contributed by atoms with van der Waals surface area (Å²) < 4.78 is 18.9. The van der Waals surface area contributed by atoms with Crippen LogP contribution in [0.4, 0.5) is 5.69 Å². The molecular weight excluding hydrogens is 483 g/mol. The van der Waals surface area contributed by atoms with Crippen molar-refractivity contribution in [2.75, 3.05) is 44.3 Å². The Morgan fingerprint density at radius 3 is 2.31 bits per heavy atom. The Morgan fingerprint density at radius 1 is 1.03 bits per heavy atom. The van der Waals surface area contributed by atoms with Crippen LogP contribution in [0.15, 0.2) is 42.5 Å². The third-order valence-electron chi connectivity index (χ3n) is 6.65. The van der Waals surface area contributed by atoms with E-state index >= 15 is 0 Å². The van der Waals surface area contributed by atoms with Gasteiger partial charge in [0, 0.05) is 54.9 Å². The number of rotatable bonds is 7. The van der Waals surface area contributed by atoms with Crippen LogP contribution in [0.3, 0.4) is 0 Å². The van der Waals surface area contributed by atoms with E-state index in [0.29, 0.717) is 35.7 Å². The maximum Gasteiger partial charge on any atom is 0.197 e. The predicted molar refractivity (Wildman–Crippen MR) is 144 cm³/mol. The topological polar surface area (TPSA) is 34.2 Å². The van der Waals surface area contributed by atoms with Crippen LogP contribution in [-0.4, -0.2) is 56.4 Å². The molecule has 0 saturated carbocycles. The zero-order chi connectivity index (χ0) is 25.2. The van der Waals surface area contributed by atoms with E-state index in [0.717, 1.165) is 37.5 Å². The smallest absolute Gasteiger partial charge is 0.197 e. The maximum atomic E-state index is 6.57. The van der Waals surface area contributed by atoms with Gasteiger partial charge < -0.3 is 19.1 Å². The van der Waals surface area contributed by atoms with Crippen molar-refractivity contribution in [1.82, 2.24) is 4.90 Å². The van der Waals surface area contributed by atoms with Crippen LogP contribution in [0.5, 0.6) is 5.75 Å². The predicted octanol–water partition coefficient (Wildman–Crippen LogP) is 6.61. The Balaban J connectivity index is 1.37. The molecule has 2 aliphatic rings. The standard InChI is InChI=1S/C28H38Cl2N2O3/c1-20(2)31-12-14-32(15-13-31)22-7-9-23(10-8-22)33-17-24-18-34-28(35-24,19-27(3,4)5)25-11-6-21(29)16-26(25)30/h6-11,16,20,24H,12-15,17-19H2,1-5H3/t24-,28-/m0/s1. The fraction of sp³-hybridized carbons (Fsp3) is 0.571. The molecule has 2 saturated heterocycles. The summed E-state index contributed by atoms with van der Waals surface area (Å²) >= 11 is 12.7. The summed E-state index contributed by atoms with van der Waals surface area (Å²) in [5.41, 5.74) is 2.01. The fourth-order valence-corrected chi connectivity index (χ4v) is 5.46. The van der Waals surface area contributed by atoms with Crippen molar-refractivity contribution in [2.45, 2.75) is 59.0 Å². The number of halogens is 2. The Morgan fingerprint density at radius 2 is 1.71 bits per heavy atom. The first-order chi connectivity index (χ1) is 16.5. The summed E-state index contributed by atoms with van der Waals surface area (Å²) in [6.07, 6.45) is 0.462. The lowest BCUT2D eigenvalue weighted by Gasteiger charge is -2.38. The van der Waals surface area contributed by atoms with Crippen molar-refractivity contribution >= 4 is 28.9 Å². The molecule has 35 heavy (non-hydrogen) atoms. The van der Waals surface area contributed by atoms with Gasteiger partial charge in [-0.15, -0.1) is 0 Å². The van der Waals surface area contributed by atoms with Gasteiger partial charge in [-0.05, 0) is 55.7 Å². The molecule has 0 bridgehead atoms. The molecule has 7 heteroatoms. The van der Waals surface area contributed by atoms with Gasteiger partial charge in [0.15, 0.2) is 5.79 Å². The van der Waals surface area contributed by atoms with E-state index in [-0.39, 0.29) is 11.5 Å². The molecule has 2 atom stereocenters. The lowest BCUT2D eigenvalue weighted by Crippen LogP contribution is -2.48. The Hall–Kier alpha value is -1.50. The summed E-state index contributed by atoms with van der Waals surface area (Å²) in [6, 6.07) is 14.4. The second-order valence-corrected chi connectivity index (χ2v) is 11.9. The van der Waals surface area contributed by atoms with Crippen molar-refractivity contribution in [3.05, 3.63) is 58.1 Å². The third kappa shape index (κ3) is 6.64. The van der Waals surface area contributed by atoms with Gasteiger partial charge in [0.2, 0.25) is 0 Å². The molecular formula is C28H38Cl2N2O3. The normalized spacial score (nSPS) is 23.8. The summed E-state index contributed by atoms with van der Waals surface area (Å²) in [5, 5.41) is 1.14. The lowest BCUT2D eigenvalue weighted by molar-refractivity contribution is -0.198. The molecule has 0 spiro atoms.